The van der Waals surface area contributed by atoms with E-state index in [-0.39, 0.29) is 0 Å². The first-order valence-electron chi connectivity index (χ1n) is 2.78. The highest BCUT2D eigenvalue weighted by molar-refractivity contribution is 7.18. The molecule has 0 spiro atoms. The molecule has 0 bridgehead atoms. The Kier molecular flexibility index (Phi) is 1.07. The molecule has 0 saturated heterocycles. The minimum Gasteiger partial charge on any atom is -0.297 e. The molecule has 50 valence electrons. The minimum atomic E-state index is 0.711. The van der Waals surface area contributed by atoms with Gasteiger partial charge in [0.15, 0.2) is 11.2 Å². The second kappa shape index (κ2) is 1.91. The fraction of sp³-hybridized carbons (Fsp3) is 0. The molecule has 0 N–H and O–H groups in total. The smallest absolute Gasteiger partial charge is 0.194 e. The highest BCUT2D eigenvalue weighted by Crippen LogP contribution is 2.13. The van der Waals surface area contributed by atoms with E-state index in [9.17, 15) is 4.79 Å². The van der Waals surface area contributed by atoms with E-state index in [1.165, 1.54) is 11.3 Å². The molecule has 0 fully saturated rings. The third kappa shape index (κ3) is 0.657. The van der Waals surface area contributed by atoms with Crippen molar-refractivity contribution < 1.29 is 4.79 Å². The van der Waals surface area contributed by atoms with Crippen molar-refractivity contribution in [2.75, 3.05) is 0 Å². The van der Waals surface area contributed by atoms with Gasteiger partial charge >= 0.3 is 0 Å². The van der Waals surface area contributed by atoms with Crippen LogP contribution >= 0.6 is 11.3 Å². The van der Waals surface area contributed by atoms with Crippen LogP contribution in [0.1, 0.15) is 9.67 Å². The van der Waals surface area contributed by atoms with E-state index in [1.807, 2.05) is 10.6 Å². The van der Waals surface area contributed by atoms with Gasteiger partial charge in [-0.15, -0.1) is 0 Å². The molecule has 3 nitrogen and oxygen atoms in total. The maximum absolute atomic E-state index is 10.2. The summed E-state index contributed by atoms with van der Waals surface area (Å²) in [6.45, 7) is 0. The normalized spacial score (nSPS) is 10.4. The zero-order chi connectivity index (χ0) is 6.97. The van der Waals surface area contributed by atoms with Crippen molar-refractivity contribution in [2.24, 2.45) is 0 Å². The summed E-state index contributed by atoms with van der Waals surface area (Å²) in [4.78, 5) is 15.8. The Morgan fingerprint density at radius 3 is 3.30 bits per heavy atom. The average molecular weight is 152 g/mol. The monoisotopic (exact) mass is 152 g/mol. The summed E-state index contributed by atoms with van der Waals surface area (Å²) in [7, 11) is 0. The Bertz CT molecular complexity index is 334. The summed E-state index contributed by atoms with van der Waals surface area (Å²) in [5, 5.41) is 0. The van der Waals surface area contributed by atoms with Crippen LogP contribution in [0.25, 0.3) is 4.96 Å². The molecule has 2 aromatic rings. The number of carbonyl (C=O) groups is 1. The van der Waals surface area contributed by atoms with E-state index in [4.69, 9.17) is 0 Å². The van der Waals surface area contributed by atoms with E-state index in [1.54, 1.807) is 12.4 Å². The van der Waals surface area contributed by atoms with E-state index in [0.717, 1.165) is 11.2 Å². The molecule has 0 amide bonds. The maximum atomic E-state index is 10.2. The fourth-order valence-corrected chi connectivity index (χ4v) is 1.56. The van der Waals surface area contributed by atoms with Crippen molar-refractivity contribution >= 4 is 22.6 Å². The molecule has 0 unspecified atom stereocenters. The van der Waals surface area contributed by atoms with Gasteiger partial charge in [0.05, 0.1) is 4.88 Å². The molecule has 0 saturated carbocycles. The van der Waals surface area contributed by atoms with Crippen molar-refractivity contribution in [1.29, 1.82) is 0 Å². The fourth-order valence-electron chi connectivity index (χ4n) is 0.800. The summed E-state index contributed by atoms with van der Waals surface area (Å²) >= 11 is 1.39. The molecule has 0 atom stereocenters. The number of fused-ring (bicyclic) bond motifs is 1. The van der Waals surface area contributed by atoms with E-state index >= 15 is 0 Å². The average Bonchev–Trinajstić information content (AvgIpc) is 2.42. The number of nitrogens with zero attached hydrogens (tertiary/aromatic N) is 2. The largest absolute Gasteiger partial charge is 0.297 e. The van der Waals surface area contributed by atoms with Crippen molar-refractivity contribution in [2.45, 2.75) is 0 Å². The van der Waals surface area contributed by atoms with Crippen LogP contribution < -0.4 is 0 Å². The van der Waals surface area contributed by atoms with Gasteiger partial charge in [-0.2, -0.15) is 0 Å². The number of imidazole rings is 1. The van der Waals surface area contributed by atoms with Crippen LogP contribution in [0, 0.1) is 0 Å². The zero-order valence-corrected chi connectivity index (χ0v) is 5.84. The van der Waals surface area contributed by atoms with E-state index in [2.05, 4.69) is 4.98 Å². The van der Waals surface area contributed by atoms with Gasteiger partial charge in [-0.1, -0.05) is 11.3 Å². The molecule has 0 aliphatic rings. The topological polar surface area (TPSA) is 34.4 Å². The summed E-state index contributed by atoms with van der Waals surface area (Å²) in [6.07, 6.45) is 6.12. The Hall–Kier alpha value is -1.16. The molecule has 0 radical (unpaired) electrons. The van der Waals surface area contributed by atoms with Gasteiger partial charge in [-0.3, -0.25) is 9.20 Å². The summed E-state index contributed by atoms with van der Waals surface area (Å²) in [6, 6.07) is 0. The van der Waals surface area contributed by atoms with Gasteiger partial charge < -0.3 is 0 Å². The lowest BCUT2D eigenvalue weighted by molar-refractivity contribution is 0.112. The Balaban J connectivity index is 2.78. The highest BCUT2D eigenvalue weighted by atomic mass is 32.1. The lowest BCUT2D eigenvalue weighted by Gasteiger charge is -1.72. The molecule has 0 aliphatic carbocycles. The van der Waals surface area contributed by atoms with Gasteiger partial charge in [0, 0.05) is 18.6 Å². The van der Waals surface area contributed by atoms with Crippen LogP contribution in [0.4, 0.5) is 0 Å². The minimum absolute atomic E-state index is 0.711. The number of rotatable bonds is 1. The van der Waals surface area contributed by atoms with Crippen LogP contribution in [0.15, 0.2) is 18.6 Å². The van der Waals surface area contributed by atoms with Crippen LogP contribution in [0.5, 0.6) is 0 Å². The first-order valence-corrected chi connectivity index (χ1v) is 3.59. The Morgan fingerprint density at radius 1 is 1.70 bits per heavy atom. The molecule has 0 aromatic carbocycles. The van der Waals surface area contributed by atoms with Crippen molar-refractivity contribution in [3.8, 4) is 0 Å². The molecule has 2 heterocycles. The zero-order valence-electron chi connectivity index (χ0n) is 5.02. The summed E-state index contributed by atoms with van der Waals surface area (Å²) < 4.78 is 1.83. The van der Waals surface area contributed by atoms with Crippen LogP contribution in [0.2, 0.25) is 0 Å². The molecule has 10 heavy (non-hydrogen) atoms. The second-order valence-electron chi connectivity index (χ2n) is 1.87. The summed E-state index contributed by atoms with van der Waals surface area (Å²) in [5.74, 6) is 0. The number of thiazole rings is 1. The van der Waals surface area contributed by atoms with Crippen molar-refractivity contribution in [3.63, 3.8) is 0 Å². The van der Waals surface area contributed by atoms with E-state index in [0.29, 0.717) is 4.88 Å². The maximum Gasteiger partial charge on any atom is 0.194 e. The standard InChI is InChI=1S/C6H4N2OS/c9-4-5-3-8-2-1-7-6(8)10-5/h1-4H. The molecule has 2 rings (SSSR count). The van der Waals surface area contributed by atoms with Gasteiger partial charge in [0.25, 0.3) is 0 Å². The number of aldehydes is 1. The molecular formula is C6H4N2OS. The SMILES string of the molecule is O=Cc1cn2ccnc2s1. The second-order valence-corrected chi connectivity index (χ2v) is 2.91. The number of carbonyl (C=O) groups excluding carboxylic acids is 1. The van der Waals surface area contributed by atoms with Gasteiger partial charge in [0.1, 0.15) is 0 Å². The van der Waals surface area contributed by atoms with Crippen molar-refractivity contribution in [3.05, 3.63) is 23.5 Å². The van der Waals surface area contributed by atoms with E-state index < -0.39 is 0 Å². The number of aromatic nitrogens is 2. The molecule has 2 aromatic heterocycles. The first-order chi connectivity index (χ1) is 4.90. The molecular weight excluding hydrogens is 148 g/mol. The lowest BCUT2D eigenvalue weighted by atomic mass is 10.6. The lowest BCUT2D eigenvalue weighted by Crippen LogP contribution is -1.70. The summed E-state index contributed by atoms with van der Waals surface area (Å²) in [5.41, 5.74) is 0. The number of hydrogen-bond acceptors (Lipinski definition) is 3. The first kappa shape index (κ1) is 5.61. The van der Waals surface area contributed by atoms with Gasteiger partial charge in [-0.25, -0.2) is 4.98 Å². The number of hydrogen-bond donors (Lipinski definition) is 0. The Labute approximate surface area is 60.9 Å². The molecule has 0 aliphatic heterocycles. The van der Waals surface area contributed by atoms with Gasteiger partial charge in [0.2, 0.25) is 0 Å². The third-order valence-electron chi connectivity index (χ3n) is 1.22. The quantitative estimate of drug-likeness (QED) is 0.575. The Morgan fingerprint density at radius 2 is 2.60 bits per heavy atom. The molecule has 4 heteroatoms. The predicted molar refractivity (Wildman–Crippen MR) is 38.5 cm³/mol. The predicted octanol–water partition coefficient (Wildman–Crippen LogP) is 1.21. The third-order valence-corrected chi connectivity index (χ3v) is 2.16. The van der Waals surface area contributed by atoms with Crippen molar-refractivity contribution in [1.82, 2.24) is 9.38 Å². The highest BCUT2D eigenvalue weighted by Gasteiger charge is 1.98. The van der Waals surface area contributed by atoms with Gasteiger partial charge in [-0.05, 0) is 0 Å². The van der Waals surface area contributed by atoms with Crippen LogP contribution in [-0.4, -0.2) is 15.7 Å². The van der Waals surface area contributed by atoms with Crippen LogP contribution in [-0.2, 0) is 0 Å². The van der Waals surface area contributed by atoms with Crippen LogP contribution in [0.3, 0.4) is 0 Å².